The number of allylic oxidation sites excluding steroid dienone is 3. The molecule has 3 rings (SSSR count). The molecule has 2 unspecified atom stereocenters. The molecule has 22 heavy (non-hydrogen) atoms. The van der Waals surface area contributed by atoms with Crippen LogP contribution in [0, 0.1) is 28.1 Å². The fourth-order valence-corrected chi connectivity index (χ4v) is 5.90. The third-order valence-electron chi connectivity index (χ3n) is 7.10. The van der Waals surface area contributed by atoms with E-state index in [1.54, 1.807) is 5.57 Å². The zero-order valence-electron chi connectivity index (χ0n) is 14.3. The molecule has 0 bridgehead atoms. The lowest BCUT2D eigenvalue weighted by molar-refractivity contribution is -0.144. The molecule has 2 fully saturated rings. The molecule has 0 aliphatic heterocycles. The van der Waals surface area contributed by atoms with Crippen molar-refractivity contribution < 1.29 is 9.90 Å². The molecule has 0 saturated heterocycles. The van der Waals surface area contributed by atoms with Gasteiger partial charge in [0.1, 0.15) is 5.78 Å². The van der Waals surface area contributed by atoms with Crippen LogP contribution in [-0.2, 0) is 4.79 Å². The first-order valence-corrected chi connectivity index (χ1v) is 8.74. The highest BCUT2D eigenvalue weighted by atomic mass is 16.3. The predicted molar refractivity (Wildman–Crippen MR) is 89.4 cm³/mol. The van der Waals surface area contributed by atoms with Crippen LogP contribution < -0.4 is 0 Å². The van der Waals surface area contributed by atoms with Gasteiger partial charge in [0.25, 0.3) is 0 Å². The van der Waals surface area contributed by atoms with Crippen LogP contribution in [0.25, 0.3) is 0 Å². The Hall–Kier alpha value is -0.890. The first-order valence-electron chi connectivity index (χ1n) is 8.74. The van der Waals surface area contributed by atoms with Crippen LogP contribution in [0.1, 0.15) is 59.3 Å². The lowest BCUT2D eigenvalue weighted by atomic mass is 9.45. The van der Waals surface area contributed by atoms with Gasteiger partial charge in [-0.3, -0.25) is 4.79 Å². The number of hydrogen-bond donors (Lipinski definition) is 1. The van der Waals surface area contributed by atoms with E-state index < -0.39 is 0 Å². The van der Waals surface area contributed by atoms with Gasteiger partial charge in [-0.2, -0.15) is 0 Å². The van der Waals surface area contributed by atoms with Crippen molar-refractivity contribution in [2.75, 3.05) is 6.61 Å². The van der Waals surface area contributed by atoms with E-state index in [0.717, 1.165) is 25.7 Å². The molecular formula is C20H30O2. The van der Waals surface area contributed by atoms with E-state index >= 15 is 0 Å². The molecule has 0 heterocycles. The second-order valence-corrected chi connectivity index (χ2v) is 8.82. The van der Waals surface area contributed by atoms with Gasteiger partial charge in [-0.15, -0.1) is 6.58 Å². The smallest absolute Gasteiger partial charge is 0.134 e. The van der Waals surface area contributed by atoms with Crippen LogP contribution in [0.5, 0.6) is 0 Å². The van der Waals surface area contributed by atoms with Crippen LogP contribution in [0.4, 0.5) is 0 Å². The Morgan fingerprint density at radius 3 is 2.68 bits per heavy atom. The normalized spacial score (nSPS) is 48.2. The fraction of sp³-hybridized carbons (Fsp3) is 0.750. The summed E-state index contributed by atoms with van der Waals surface area (Å²) in [6.07, 6.45) is 10.3. The lowest BCUT2D eigenvalue weighted by Crippen LogP contribution is -2.55. The highest BCUT2D eigenvalue weighted by molar-refractivity contribution is 5.81. The highest BCUT2D eigenvalue weighted by Gasteiger charge is 2.57. The summed E-state index contributed by atoms with van der Waals surface area (Å²) < 4.78 is 0. The van der Waals surface area contributed by atoms with Crippen molar-refractivity contribution in [1.29, 1.82) is 0 Å². The number of carbonyl (C=O) groups is 1. The Morgan fingerprint density at radius 1 is 1.32 bits per heavy atom. The average molecular weight is 302 g/mol. The number of carbonyl (C=O) groups excluding carboxylic acids is 1. The molecule has 0 amide bonds. The summed E-state index contributed by atoms with van der Waals surface area (Å²) in [7, 11) is 0. The molecule has 1 N–H and O–H groups in total. The summed E-state index contributed by atoms with van der Waals surface area (Å²) in [5, 5.41) is 9.96. The predicted octanol–water partition coefficient (Wildman–Crippen LogP) is 4.29. The molecule has 0 radical (unpaired) electrons. The topological polar surface area (TPSA) is 37.3 Å². The van der Waals surface area contributed by atoms with Crippen molar-refractivity contribution in [1.82, 2.24) is 0 Å². The molecule has 3 aliphatic rings. The van der Waals surface area contributed by atoms with Crippen molar-refractivity contribution in [2.24, 2.45) is 28.1 Å². The molecule has 2 saturated carbocycles. The number of fused-ring (bicyclic) bond motifs is 3. The van der Waals surface area contributed by atoms with E-state index in [2.05, 4.69) is 39.5 Å². The minimum absolute atomic E-state index is 0.0272. The Balaban J connectivity index is 2.01. The zero-order valence-corrected chi connectivity index (χ0v) is 14.3. The van der Waals surface area contributed by atoms with Gasteiger partial charge in [0, 0.05) is 30.3 Å². The van der Waals surface area contributed by atoms with Gasteiger partial charge in [0.2, 0.25) is 0 Å². The largest absolute Gasteiger partial charge is 0.396 e. The van der Waals surface area contributed by atoms with Crippen molar-refractivity contribution in [3.63, 3.8) is 0 Å². The van der Waals surface area contributed by atoms with E-state index in [-0.39, 0.29) is 22.9 Å². The summed E-state index contributed by atoms with van der Waals surface area (Å²) in [6.45, 7) is 10.8. The summed E-state index contributed by atoms with van der Waals surface area (Å²) in [5.41, 5.74) is 1.46. The maximum atomic E-state index is 12.4. The number of aliphatic hydroxyl groups is 1. The van der Waals surface area contributed by atoms with Gasteiger partial charge < -0.3 is 5.11 Å². The van der Waals surface area contributed by atoms with Crippen LogP contribution >= 0.6 is 0 Å². The van der Waals surface area contributed by atoms with Crippen molar-refractivity contribution in [2.45, 2.75) is 59.3 Å². The maximum absolute atomic E-state index is 12.4. The number of ketones is 1. The average Bonchev–Trinajstić information content (AvgIpc) is 2.45. The number of Topliss-reactive ketones (excluding diaryl/α,β-unsaturated/α-hetero) is 1. The fourth-order valence-electron chi connectivity index (χ4n) is 5.90. The molecule has 0 spiro atoms. The van der Waals surface area contributed by atoms with Gasteiger partial charge in [-0.25, -0.2) is 0 Å². The van der Waals surface area contributed by atoms with Gasteiger partial charge in [-0.1, -0.05) is 38.5 Å². The third-order valence-corrected chi connectivity index (χ3v) is 7.10. The lowest BCUT2D eigenvalue weighted by Gasteiger charge is -2.59. The summed E-state index contributed by atoms with van der Waals surface area (Å²) >= 11 is 0. The first kappa shape index (κ1) is 16.0. The van der Waals surface area contributed by atoms with E-state index in [0.29, 0.717) is 30.5 Å². The Kier molecular flexibility index (Phi) is 3.67. The maximum Gasteiger partial charge on any atom is 0.134 e. The van der Waals surface area contributed by atoms with Gasteiger partial charge in [0.05, 0.1) is 0 Å². The van der Waals surface area contributed by atoms with Gasteiger partial charge in [0.15, 0.2) is 0 Å². The molecule has 0 aromatic heterocycles. The summed E-state index contributed by atoms with van der Waals surface area (Å²) in [6, 6.07) is 0. The second-order valence-electron chi connectivity index (χ2n) is 8.82. The minimum atomic E-state index is -0.227. The third kappa shape index (κ3) is 2.22. The van der Waals surface area contributed by atoms with Crippen LogP contribution in [-0.4, -0.2) is 17.5 Å². The molecule has 0 aromatic rings. The van der Waals surface area contributed by atoms with Gasteiger partial charge >= 0.3 is 0 Å². The molecule has 2 heteroatoms. The standard InChI is InChI=1S/C20H30O2/c1-5-18(2)9-8-16-14(10-18)6-7-17-19(3,13-21)11-15(22)12-20(16,17)4/h5,10,16-17,21H,1,6-9,11-13H2,2-4H3/t16?,17?,18-,19-,20+/m1/s1. The number of hydrogen-bond acceptors (Lipinski definition) is 2. The van der Waals surface area contributed by atoms with Crippen LogP contribution in [0.3, 0.4) is 0 Å². The van der Waals surface area contributed by atoms with Crippen molar-refractivity contribution in [3.05, 3.63) is 24.3 Å². The Labute approximate surface area is 134 Å². The van der Waals surface area contributed by atoms with E-state index in [1.807, 2.05) is 0 Å². The highest BCUT2D eigenvalue weighted by Crippen LogP contribution is 2.63. The molecule has 122 valence electrons. The Morgan fingerprint density at radius 2 is 2.05 bits per heavy atom. The molecule has 0 aromatic carbocycles. The van der Waals surface area contributed by atoms with Crippen molar-refractivity contribution >= 4 is 5.78 Å². The quantitative estimate of drug-likeness (QED) is 0.772. The van der Waals surface area contributed by atoms with Crippen LogP contribution in [0.15, 0.2) is 24.3 Å². The van der Waals surface area contributed by atoms with Crippen molar-refractivity contribution in [3.8, 4) is 0 Å². The zero-order chi connectivity index (χ0) is 16.2. The molecular weight excluding hydrogens is 272 g/mol. The van der Waals surface area contributed by atoms with E-state index in [4.69, 9.17) is 0 Å². The van der Waals surface area contributed by atoms with Gasteiger partial charge in [-0.05, 0) is 42.9 Å². The van der Waals surface area contributed by atoms with E-state index in [1.165, 1.54) is 0 Å². The summed E-state index contributed by atoms with van der Waals surface area (Å²) in [5.74, 6) is 1.31. The first-order chi connectivity index (χ1) is 10.3. The number of aliphatic hydroxyl groups excluding tert-OH is 1. The number of rotatable bonds is 2. The molecule has 3 aliphatic carbocycles. The molecule has 5 atom stereocenters. The monoisotopic (exact) mass is 302 g/mol. The SMILES string of the molecule is C=C[C@@]1(C)C=C2CCC3[C@@](C)(CO)CC(=O)C[C@@]3(C)C2CC1. The van der Waals surface area contributed by atoms with E-state index in [9.17, 15) is 9.90 Å². The summed E-state index contributed by atoms with van der Waals surface area (Å²) in [4.78, 5) is 12.4. The second kappa shape index (κ2) is 5.06. The Bertz CT molecular complexity index is 534. The minimum Gasteiger partial charge on any atom is -0.396 e. The van der Waals surface area contributed by atoms with Crippen LogP contribution in [0.2, 0.25) is 0 Å². The molecule has 2 nitrogen and oxygen atoms in total.